The first kappa shape index (κ1) is 33.1. The summed E-state index contributed by atoms with van der Waals surface area (Å²) in [7, 11) is 0. The number of carbonyl (C=O) groups is 3. The van der Waals surface area contributed by atoms with Crippen LogP contribution in [0.2, 0.25) is 0 Å². The highest BCUT2D eigenvalue weighted by molar-refractivity contribution is 6.76. The Hall–Kier alpha value is -3.38. The van der Waals surface area contributed by atoms with Gasteiger partial charge in [0.15, 0.2) is 6.10 Å². The molecule has 1 unspecified atom stereocenters. The van der Waals surface area contributed by atoms with Crippen molar-refractivity contribution in [2.75, 3.05) is 6.61 Å². The zero-order valence-corrected chi connectivity index (χ0v) is 24.5. The second kappa shape index (κ2) is 15.7. The van der Waals surface area contributed by atoms with Crippen LogP contribution >= 0.6 is 34.8 Å². The van der Waals surface area contributed by atoms with E-state index in [0.717, 1.165) is 5.56 Å². The lowest BCUT2D eigenvalue weighted by atomic mass is 9.96. The van der Waals surface area contributed by atoms with Gasteiger partial charge in [0.1, 0.15) is 30.6 Å². The molecule has 42 heavy (non-hydrogen) atoms. The number of nitrogens with one attached hydrogen (secondary N) is 1. The van der Waals surface area contributed by atoms with Gasteiger partial charge in [-0.25, -0.2) is 4.79 Å². The fourth-order valence-electron chi connectivity index (χ4n) is 3.89. The van der Waals surface area contributed by atoms with Gasteiger partial charge in [-0.1, -0.05) is 88.4 Å². The maximum absolute atomic E-state index is 12.8. The van der Waals surface area contributed by atoms with E-state index in [1.165, 1.54) is 6.92 Å². The van der Waals surface area contributed by atoms with Crippen molar-refractivity contribution in [2.45, 2.75) is 60.8 Å². The highest BCUT2D eigenvalue weighted by atomic mass is 35.6. The molecular formula is C27H27Cl3N4O8. The van der Waals surface area contributed by atoms with Crippen LogP contribution in [0.4, 0.5) is 0 Å². The van der Waals surface area contributed by atoms with Gasteiger partial charge in [0.2, 0.25) is 12.2 Å². The van der Waals surface area contributed by atoms with Crippen molar-refractivity contribution in [3.05, 3.63) is 82.2 Å². The van der Waals surface area contributed by atoms with E-state index >= 15 is 0 Å². The minimum atomic E-state index is -2.30. The van der Waals surface area contributed by atoms with E-state index in [4.69, 9.17) is 63.9 Å². The quantitative estimate of drug-likeness (QED) is 0.0604. The van der Waals surface area contributed by atoms with Crippen molar-refractivity contribution in [3.8, 4) is 0 Å². The van der Waals surface area contributed by atoms with Crippen molar-refractivity contribution in [3.63, 3.8) is 0 Å². The summed E-state index contributed by atoms with van der Waals surface area (Å²) in [6, 6.07) is 15.7. The number of ketones is 1. The molecule has 3 rings (SSSR count). The third-order valence-electron chi connectivity index (χ3n) is 5.91. The molecule has 2 aromatic carbocycles. The summed E-state index contributed by atoms with van der Waals surface area (Å²) in [6.07, 6.45) is -5.77. The molecule has 1 saturated heterocycles. The van der Waals surface area contributed by atoms with Crippen molar-refractivity contribution < 1.29 is 38.1 Å². The fourth-order valence-corrected chi connectivity index (χ4v) is 4.03. The second-order valence-electron chi connectivity index (χ2n) is 9.07. The number of rotatable bonds is 12. The Kier molecular flexibility index (Phi) is 12.4. The summed E-state index contributed by atoms with van der Waals surface area (Å²) in [4.78, 5) is 39.8. The Labute approximate surface area is 256 Å². The topological polar surface area (TPSA) is 170 Å². The molecule has 0 spiro atoms. The van der Waals surface area contributed by atoms with Crippen molar-refractivity contribution >= 4 is 58.4 Å². The molecule has 15 heteroatoms. The number of carbonyl (C=O) groups excluding carboxylic acids is 3. The largest absolute Gasteiger partial charge is 0.459 e. The Morgan fingerprint density at radius 3 is 2.24 bits per heavy atom. The number of hydrogen-bond donors (Lipinski definition) is 1. The van der Waals surface area contributed by atoms with E-state index in [0.29, 0.717) is 0 Å². The molecule has 1 fully saturated rings. The van der Waals surface area contributed by atoms with Gasteiger partial charge in [-0.05, 0) is 30.2 Å². The van der Waals surface area contributed by atoms with E-state index in [1.807, 2.05) is 6.07 Å². The van der Waals surface area contributed by atoms with E-state index in [2.05, 4.69) is 10.0 Å². The summed E-state index contributed by atoms with van der Waals surface area (Å²) < 4.78 is 26.3. The molecule has 1 aliphatic heterocycles. The van der Waals surface area contributed by atoms with Gasteiger partial charge in [-0.2, -0.15) is 0 Å². The van der Waals surface area contributed by atoms with Gasteiger partial charge in [0, 0.05) is 11.3 Å². The Bertz CT molecular complexity index is 1290. The van der Waals surface area contributed by atoms with Crippen LogP contribution in [-0.4, -0.2) is 64.7 Å². The van der Waals surface area contributed by atoms with Crippen LogP contribution in [0.5, 0.6) is 0 Å². The summed E-state index contributed by atoms with van der Waals surface area (Å²) in [6.45, 7) is 0.816. The van der Waals surface area contributed by atoms with Crippen LogP contribution in [0.25, 0.3) is 10.4 Å². The summed E-state index contributed by atoms with van der Waals surface area (Å²) in [5.41, 5.74) is 10.3. The number of Topliss-reactive ketones (excluding diaryl/α,β-unsaturated/α-hetero) is 1. The lowest BCUT2D eigenvalue weighted by Crippen LogP contribution is -2.61. The predicted octanol–water partition coefficient (Wildman–Crippen LogP) is 5.48. The number of ether oxygens (including phenoxy) is 5. The Morgan fingerprint density at radius 1 is 1.00 bits per heavy atom. The highest BCUT2D eigenvalue weighted by Crippen LogP contribution is 2.34. The van der Waals surface area contributed by atoms with Gasteiger partial charge in [0.25, 0.3) is 3.79 Å². The van der Waals surface area contributed by atoms with Crippen molar-refractivity contribution in [1.82, 2.24) is 0 Å². The normalized spacial score (nSPS) is 21.9. The van der Waals surface area contributed by atoms with E-state index in [9.17, 15) is 19.9 Å². The number of nitrogens with zero attached hydrogens (tertiary/aromatic N) is 3. The number of hydrogen-bond acceptors (Lipinski definition) is 10. The molecule has 0 amide bonds. The lowest BCUT2D eigenvalue weighted by molar-refractivity contribution is -0.260. The van der Waals surface area contributed by atoms with Crippen LogP contribution in [0, 0.1) is 5.41 Å². The predicted molar refractivity (Wildman–Crippen MR) is 152 cm³/mol. The Balaban J connectivity index is 1.97. The molecule has 5 atom stereocenters. The number of alkyl halides is 3. The van der Waals surface area contributed by atoms with Gasteiger partial charge in [-0.15, -0.1) is 0 Å². The molecule has 224 valence electrons. The first-order valence-corrected chi connectivity index (χ1v) is 13.7. The van der Waals surface area contributed by atoms with Gasteiger partial charge in [0.05, 0.1) is 18.6 Å². The van der Waals surface area contributed by atoms with Crippen LogP contribution in [-0.2, 0) is 39.9 Å². The average molecular weight is 642 g/mol. The van der Waals surface area contributed by atoms with Crippen LogP contribution in [0.15, 0.2) is 65.8 Å². The SMILES string of the molecule is CC(=O)CCC(=O)O[C@H]1[C@H](OCc2ccccc2)[C@@H](N=[N+]=[N-])C(OC(=N)C(Cl)(Cl)Cl)O[C@@H]1COC(=O)c1ccccc1. The minimum absolute atomic E-state index is 0.0321. The summed E-state index contributed by atoms with van der Waals surface area (Å²) in [5, 5.41) is 11.8. The van der Waals surface area contributed by atoms with Crippen LogP contribution < -0.4 is 0 Å². The molecule has 0 aromatic heterocycles. The number of halogens is 3. The minimum Gasteiger partial charge on any atom is -0.459 e. The maximum Gasteiger partial charge on any atom is 0.338 e. The number of azide groups is 1. The standard InChI is InChI=1S/C27H27Cl3N4O8/c1-16(35)12-13-20(36)41-22-19(15-39-24(37)18-10-6-3-7-11-18)40-25(42-26(31)27(28,29)30)21(33-34-32)23(22)38-14-17-8-4-2-5-9-17/h2-11,19,21-23,25,31H,12-15H2,1H3/t19-,21-,22-,23-,25?/m1/s1. The molecule has 12 nitrogen and oxygen atoms in total. The van der Waals surface area contributed by atoms with Crippen molar-refractivity contribution in [1.29, 1.82) is 5.41 Å². The van der Waals surface area contributed by atoms with Gasteiger partial charge >= 0.3 is 11.9 Å². The maximum atomic E-state index is 12.8. The monoisotopic (exact) mass is 640 g/mol. The van der Waals surface area contributed by atoms with Gasteiger partial charge < -0.3 is 28.5 Å². The van der Waals surface area contributed by atoms with E-state index in [-0.39, 0.29) is 30.8 Å². The van der Waals surface area contributed by atoms with Crippen molar-refractivity contribution in [2.24, 2.45) is 5.11 Å². The average Bonchev–Trinajstić information content (AvgIpc) is 2.96. The number of esters is 2. The molecule has 0 saturated carbocycles. The molecule has 0 bridgehead atoms. The summed E-state index contributed by atoms with van der Waals surface area (Å²) >= 11 is 17.4. The highest BCUT2D eigenvalue weighted by Gasteiger charge is 2.51. The molecule has 0 radical (unpaired) electrons. The Morgan fingerprint density at radius 2 is 1.64 bits per heavy atom. The van der Waals surface area contributed by atoms with E-state index < -0.39 is 58.9 Å². The molecule has 1 heterocycles. The van der Waals surface area contributed by atoms with Gasteiger partial charge in [-0.3, -0.25) is 10.2 Å². The smallest absolute Gasteiger partial charge is 0.338 e. The van der Waals surface area contributed by atoms with Crippen LogP contribution in [0.3, 0.4) is 0 Å². The first-order chi connectivity index (χ1) is 20.0. The fraction of sp³-hybridized carbons (Fsp3) is 0.407. The molecule has 2 aromatic rings. The zero-order valence-electron chi connectivity index (χ0n) is 22.2. The summed E-state index contributed by atoms with van der Waals surface area (Å²) in [5.74, 6) is -2.57. The van der Waals surface area contributed by atoms with Crippen LogP contribution in [0.1, 0.15) is 35.7 Å². The first-order valence-electron chi connectivity index (χ1n) is 12.6. The number of benzene rings is 2. The second-order valence-corrected chi connectivity index (χ2v) is 11.3. The third kappa shape index (κ3) is 9.87. The molecule has 1 N–H and O–H groups in total. The molecular weight excluding hydrogens is 615 g/mol. The lowest BCUT2D eigenvalue weighted by Gasteiger charge is -2.44. The van der Waals surface area contributed by atoms with E-state index in [1.54, 1.807) is 54.6 Å². The third-order valence-corrected chi connectivity index (χ3v) is 6.43. The molecule has 0 aliphatic carbocycles. The zero-order chi connectivity index (χ0) is 30.7. The molecule has 1 aliphatic rings.